The SMILES string of the molecule is C=C/C=c1/[nH]c(C)c(C=C)/c1=C/C. The molecule has 0 atom stereocenters. The van der Waals surface area contributed by atoms with E-state index in [2.05, 4.69) is 24.2 Å². The molecular formula is C12H15N. The van der Waals surface area contributed by atoms with Gasteiger partial charge in [0.05, 0.1) is 0 Å². The molecule has 0 aliphatic carbocycles. The van der Waals surface area contributed by atoms with Crippen molar-refractivity contribution in [3.05, 3.63) is 41.1 Å². The molecule has 1 heterocycles. The lowest BCUT2D eigenvalue weighted by molar-refractivity contribution is 1.22. The van der Waals surface area contributed by atoms with E-state index in [1.54, 1.807) is 6.08 Å². The summed E-state index contributed by atoms with van der Waals surface area (Å²) >= 11 is 0. The Bertz CT molecular complexity index is 432. The summed E-state index contributed by atoms with van der Waals surface area (Å²) in [5, 5.41) is 2.30. The van der Waals surface area contributed by atoms with Gasteiger partial charge in [0, 0.05) is 21.8 Å². The van der Waals surface area contributed by atoms with Crippen molar-refractivity contribution in [3.63, 3.8) is 0 Å². The molecule has 0 fully saturated rings. The van der Waals surface area contributed by atoms with Gasteiger partial charge in [-0.2, -0.15) is 0 Å². The largest absolute Gasteiger partial charge is 0.358 e. The van der Waals surface area contributed by atoms with Gasteiger partial charge < -0.3 is 4.98 Å². The summed E-state index contributed by atoms with van der Waals surface area (Å²) < 4.78 is 0. The van der Waals surface area contributed by atoms with E-state index in [1.807, 2.05) is 26.0 Å². The van der Waals surface area contributed by atoms with Crippen LogP contribution in [0.4, 0.5) is 0 Å². The first kappa shape index (κ1) is 9.59. The number of allylic oxidation sites excluding steroid dienone is 1. The molecule has 0 bridgehead atoms. The summed E-state index contributed by atoms with van der Waals surface area (Å²) in [4.78, 5) is 3.29. The molecule has 68 valence electrons. The Morgan fingerprint density at radius 3 is 2.46 bits per heavy atom. The molecule has 13 heavy (non-hydrogen) atoms. The molecule has 1 rings (SSSR count). The van der Waals surface area contributed by atoms with Crippen molar-refractivity contribution >= 4 is 18.2 Å². The molecule has 0 saturated heterocycles. The van der Waals surface area contributed by atoms with Crippen molar-refractivity contribution in [1.82, 2.24) is 4.98 Å². The Balaban J connectivity index is 3.68. The van der Waals surface area contributed by atoms with E-state index in [1.165, 1.54) is 10.8 Å². The first-order valence-corrected chi connectivity index (χ1v) is 4.34. The molecular weight excluding hydrogens is 158 g/mol. The maximum Gasteiger partial charge on any atom is 0.0458 e. The van der Waals surface area contributed by atoms with Crippen molar-refractivity contribution in [2.75, 3.05) is 0 Å². The van der Waals surface area contributed by atoms with Crippen LogP contribution in [0.25, 0.3) is 18.2 Å². The van der Waals surface area contributed by atoms with Gasteiger partial charge in [-0.25, -0.2) is 0 Å². The fourth-order valence-electron chi connectivity index (χ4n) is 1.51. The number of aromatic nitrogens is 1. The second-order valence-corrected chi connectivity index (χ2v) is 2.89. The molecule has 0 amide bonds. The number of aryl methyl sites for hydroxylation is 1. The Hall–Kier alpha value is -1.50. The highest BCUT2D eigenvalue weighted by atomic mass is 14.7. The molecule has 0 aromatic carbocycles. The van der Waals surface area contributed by atoms with Crippen molar-refractivity contribution in [2.24, 2.45) is 0 Å². The zero-order chi connectivity index (χ0) is 9.84. The topological polar surface area (TPSA) is 15.8 Å². The molecule has 0 aliphatic heterocycles. The monoisotopic (exact) mass is 173 g/mol. The molecule has 1 aromatic heterocycles. The van der Waals surface area contributed by atoms with Crippen LogP contribution in [-0.4, -0.2) is 4.98 Å². The maximum atomic E-state index is 3.79. The van der Waals surface area contributed by atoms with Gasteiger partial charge in [0.2, 0.25) is 0 Å². The molecule has 1 aromatic rings. The minimum atomic E-state index is 1.10. The lowest BCUT2D eigenvalue weighted by atomic mass is 10.2. The van der Waals surface area contributed by atoms with E-state index >= 15 is 0 Å². The molecule has 0 aliphatic rings. The second-order valence-electron chi connectivity index (χ2n) is 2.89. The van der Waals surface area contributed by atoms with E-state index in [0.29, 0.717) is 0 Å². The quantitative estimate of drug-likeness (QED) is 0.701. The van der Waals surface area contributed by atoms with Gasteiger partial charge in [-0.15, -0.1) is 0 Å². The first-order chi connectivity index (χ1) is 6.24. The van der Waals surface area contributed by atoms with Crippen LogP contribution in [0.15, 0.2) is 19.2 Å². The molecule has 0 unspecified atom stereocenters. The average molecular weight is 173 g/mol. The van der Waals surface area contributed by atoms with Gasteiger partial charge in [-0.05, 0) is 19.9 Å². The Labute approximate surface area is 78.8 Å². The van der Waals surface area contributed by atoms with Crippen LogP contribution in [0.3, 0.4) is 0 Å². The lowest BCUT2D eigenvalue weighted by Crippen LogP contribution is -2.23. The van der Waals surface area contributed by atoms with Crippen molar-refractivity contribution in [1.29, 1.82) is 0 Å². The van der Waals surface area contributed by atoms with Crippen LogP contribution in [0.2, 0.25) is 0 Å². The zero-order valence-corrected chi connectivity index (χ0v) is 8.22. The van der Waals surface area contributed by atoms with Crippen LogP contribution in [0, 0.1) is 6.92 Å². The number of hydrogen-bond donors (Lipinski definition) is 1. The third-order valence-corrected chi connectivity index (χ3v) is 2.08. The normalized spacial score (nSPS) is 13.4. The zero-order valence-electron chi connectivity index (χ0n) is 8.22. The fourth-order valence-corrected chi connectivity index (χ4v) is 1.51. The molecule has 0 spiro atoms. The van der Waals surface area contributed by atoms with Crippen LogP contribution in [0.5, 0.6) is 0 Å². The third kappa shape index (κ3) is 1.64. The molecule has 1 nitrogen and oxygen atoms in total. The Kier molecular flexibility index (Phi) is 2.91. The van der Waals surface area contributed by atoms with Crippen molar-refractivity contribution < 1.29 is 0 Å². The van der Waals surface area contributed by atoms with Crippen LogP contribution in [0.1, 0.15) is 18.2 Å². The summed E-state index contributed by atoms with van der Waals surface area (Å²) in [6, 6.07) is 0. The van der Waals surface area contributed by atoms with E-state index in [-0.39, 0.29) is 0 Å². The van der Waals surface area contributed by atoms with Crippen molar-refractivity contribution in [3.8, 4) is 0 Å². The maximum absolute atomic E-state index is 3.79. The van der Waals surface area contributed by atoms with Gasteiger partial charge in [0.15, 0.2) is 0 Å². The summed E-state index contributed by atoms with van der Waals surface area (Å²) in [5.41, 5.74) is 2.33. The van der Waals surface area contributed by atoms with Gasteiger partial charge >= 0.3 is 0 Å². The minimum Gasteiger partial charge on any atom is -0.358 e. The number of rotatable bonds is 2. The Morgan fingerprint density at radius 1 is 1.31 bits per heavy atom. The lowest BCUT2D eigenvalue weighted by Gasteiger charge is -1.86. The highest BCUT2D eigenvalue weighted by Gasteiger charge is 1.98. The minimum absolute atomic E-state index is 1.10. The fraction of sp³-hybridized carbons (Fsp3) is 0.167. The molecule has 1 N–H and O–H groups in total. The van der Waals surface area contributed by atoms with Gasteiger partial charge in [0.1, 0.15) is 0 Å². The summed E-state index contributed by atoms with van der Waals surface area (Å²) in [5.74, 6) is 0. The van der Waals surface area contributed by atoms with Gasteiger partial charge in [0.25, 0.3) is 0 Å². The number of nitrogens with one attached hydrogen (secondary N) is 1. The highest BCUT2D eigenvalue weighted by molar-refractivity contribution is 5.54. The predicted molar refractivity (Wildman–Crippen MR) is 59.7 cm³/mol. The smallest absolute Gasteiger partial charge is 0.0458 e. The van der Waals surface area contributed by atoms with E-state index in [4.69, 9.17) is 0 Å². The molecule has 0 radical (unpaired) electrons. The summed E-state index contributed by atoms with van der Waals surface area (Å²) in [6.07, 6.45) is 7.71. The van der Waals surface area contributed by atoms with E-state index in [0.717, 1.165) is 11.0 Å². The number of aromatic amines is 1. The Morgan fingerprint density at radius 2 is 2.00 bits per heavy atom. The third-order valence-electron chi connectivity index (χ3n) is 2.08. The summed E-state index contributed by atoms with van der Waals surface area (Å²) in [6.45, 7) is 11.5. The second kappa shape index (κ2) is 3.94. The first-order valence-electron chi connectivity index (χ1n) is 4.34. The number of H-pyrrole nitrogens is 1. The average Bonchev–Trinajstić information content (AvgIpc) is 2.41. The molecule has 0 saturated carbocycles. The summed E-state index contributed by atoms with van der Waals surface area (Å²) in [7, 11) is 0. The van der Waals surface area contributed by atoms with Crippen LogP contribution >= 0.6 is 0 Å². The van der Waals surface area contributed by atoms with Gasteiger partial charge in [-0.3, -0.25) is 0 Å². The van der Waals surface area contributed by atoms with E-state index in [9.17, 15) is 0 Å². The van der Waals surface area contributed by atoms with Gasteiger partial charge in [-0.1, -0.05) is 31.4 Å². The predicted octanol–water partition coefficient (Wildman–Crippen LogP) is 1.73. The highest BCUT2D eigenvalue weighted by Crippen LogP contribution is 1.97. The van der Waals surface area contributed by atoms with Crippen LogP contribution in [-0.2, 0) is 0 Å². The van der Waals surface area contributed by atoms with Crippen molar-refractivity contribution in [2.45, 2.75) is 13.8 Å². The van der Waals surface area contributed by atoms with Crippen LogP contribution < -0.4 is 10.6 Å². The molecule has 1 heteroatoms. The standard InChI is InChI=1S/C12H15N/c1-5-8-12-11(7-3)10(6-2)9(4)13-12/h5-8,13H,1-2H2,3-4H3/b11-7-,12-8+. The van der Waals surface area contributed by atoms with E-state index < -0.39 is 0 Å². The number of hydrogen-bond acceptors (Lipinski definition) is 0.